The molecule has 0 radical (unpaired) electrons. The van der Waals surface area contributed by atoms with E-state index in [9.17, 15) is 18.0 Å². The van der Waals surface area contributed by atoms with Gasteiger partial charge in [0.25, 0.3) is 0 Å². The van der Waals surface area contributed by atoms with Crippen LogP contribution in [0.3, 0.4) is 0 Å². The van der Waals surface area contributed by atoms with Gasteiger partial charge in [0, 0.05) is 18.3 Å². The Hall–Kier alpha value is -1.76. The van der Waals surface area contributed by atoms with Crippen LogP contribution in [0.5, 0.6) is 0 Å². The largest absolute Gasteiger partial charge is 0.416 e. The molecule has 0 atom stereocenters. The quantitative estimate of drug-likeness (QED) is 0.869. The number of hydrogen-bond acceptors (Lipinski definition) is 2. The second kappa shape index (κ2) is 7.88. The van der Waals surface area contributed by atoms with Gasteiger partial charge in [-0.15, -0.1) is 0 Å². The summed E-state index contributed by atoms with van der Waals surface area (Å²) >= 11 is 0. The molecule has 0 aliphatic carbocycles. The first-order valence-corrected chi connectivity index (χ1v) is 8.22. The first-order valence-electron chi connectivity index (χ1n) is 8.22. The lowest BCUT2D eigenvalue weighted by Crippen LogP contribution is -2.42. The number of nitrogens with zero attached hydrogens (tertiary/aromatic N) is 1. The van der Waals surface area contributed by atoms with Gasteiger partial charge in [-0.25, -0.2) is 4.79 Å². The topological polar surface area (TPSA) is 44.4 Å². The van der Waals surface area contributed by atoms with E-state index >= 15 is 0 Å². The predicted molar refractivity (Wildman–Crippen MR) is 87.9 cm³/mol. The van der Waals surface area contributed by atoms with Crippen molar-refractivity contribution in [2.75, 3.05) is 25.0 Å². The molecule has 0 bridgehead atoms. The van der Waals surface area contributed by atoms with Gasteiger partial charge in [-0.3, -0.25) is 0 Å². The number of benzene rings is 1. The number of carbonyl (C=O) groups is 1. The minimum Gasteiger partial charge on any atom is -0.338 e. The molecule has 1 aromatic rings. The summed E-state index contributed by atoms with van der Waals surface area (Å²) in [4.78, 5) is 14.3. The van der Waals surface area contributed by atoms with Crippen molar-refractivity contribution in [1.82, 2.24) is 10.2 Å². The maximum Gasteiger partial charge on any atom is 0.416 e. The molecule has 7 heteroatoms. The standard InChI is InChI=1S/C17H24F3N3O/c1-12(2)23-8-6-13(7-9-23)11-21-16(24)22-15-5-3-4-14(10-15)17(18,19)20/h3-5,10,12-13H,6-9,11H2,1-2H3,(H2,21,22,24). The molecule has 2 N–H and O–H groups in total. The van der Waals surface area contributed by atoms with Crippen molar-refractivity contribution in [2.45, 2.75) is 38.9 Å². The van der Waals surface area contributed by atoms with E-state index in [1.54, 1.807) is 0 Å². The Morgan fingerprint density at radius 3 is 2.54 bits per heavy atom. The van der Waals surface area contributed by atoms with E-state index in [4.69, 9.17) is 0 Å². The Bertz CT molecular complexity index is 552. The lowest BCUT2D eigenvalue weighted by atomic mass is 9.96. The number of urea groups is 1. The van der Waals surface area contributed by atoms with Gasteiger partial charge in [0.2, 0.25) is 0 Å². The second-order valence-electron chi connectivity index (χ2n) is 6.49. The van der Waals surface area contributed by atoms with Crippen LogP contribution in [0.1, 0.15) is 32.3 Å². The smallest absolute Gasteiger partial charge is 0.338 e. The number of piperidine rings is 1. The molecule has 1 aliphatic rings. The summed E-state index contributed by atoms with van der Waals surface area (Å²) in [6, 6.07) is 4.69. The second-order valence-corrected chi connectivity index (χ2v) is 6.49. The summed E-state index contributed by atoms with van der Waals surface area (Å²) < 4.78 is 38.0. The molecule has 2 rings (SSSR count). The number of alkyl halides is 3. The molecule has 1 aromatic carbocycles. The summed E-state index contributed by atoms with van der Waals surface area (Å²) in [5.41, 5.74) is -0.640. The third kappa shape index (κ3) is 5.40. The van der Waals surface area contributed by atoms with E-state index in [1.807, 2.05) is 0 Å². The molecule has 0 unspecified atom stereocenters. The molecule has 0 saturated carbocycles. The first kappa shape index (κ1) is 18.6. The number of halogens is 3. The fourth-order valence-electron chi connectivity index (χ4n) is 2.86. The molecule has 24 heavy (non-hydrogen) atoms. The summed E-state index contributed by atoms with van der Waals surface area (Å²) in [7, 11) is 0. The zero-order valence-electron chi connectivity index (χ0n) is 14.0. The number of hydrogen-bond donors (Lipinski definition) is 2. The third-order valence-electron chi connectivity index (χ3n) is 4.38. The number of nitrogens with one attached hydrogen (secondary N) is 2. The Balaban J connectivity index is 1.78. The third-order valence-corrected chi connectivity index (χ3v) is 4.38. The number of amides is 2. The lowest BCUT2D eigenvalue weighted by Gasteiger charge is -2.34. The van der Waals surface area contributed by atoms with Crippen LogP contribution in [0.15, 0.2) is 24.3 Å². The van der Waals surface area contributed by atoms with Gasteiger partial charge in [0.15, 0.2) is 0 Å². The van der Waals surface area contributed by atoms with Crippen molar-refractivity contribution in [1.29, 1.82) is 0 Å². The summed E-state index contributed by atoms with van der Waals surface area (Å²) in [6.07, 6.45) is -2.39. The van der Waals surface area contributed by atoms with Crippen LogP contribution in [0.4, 0.5) is 23.7 Å². The monoisotopic (exact) mass is 343 g/mol. The van der Waals surface area contributed by atoms with Crippen LogP contribution < -0.4 is 10.6 Å². The van der Waals surface area contributed by atoms with Gasteiger partial charge < -0.3 is 15.5 Å². The summed E-state index contributed by atoms with van der Waals surface area (Å²) in [5, 5.41) is 5.21. The highest BCUT2D eigenvalue weighted by Gasteiger charge is 2.30. The van der Waals surface area contributed by atoms with E-state index in [-0.39, 0.29) is 5.69 Å². The minimum absolute atomic E-state index is 0.136. The van der Waals surface area contributed by atoms with Gasteiger partial charge in [0.05, 0.1) is 5.56 Å². The molecule has 1 saturated heterocycles. The first-order chi connectivity index (χ1) is 11.3. The maximum atomic E-state index is 12.7. The Morgan fingerprint density at radius 2 is 1.96 bits per heavy atom. The molecule has 0 spiro atoms. The molecular weight excluding hydrogens is 319 g/mol. The van der Waals surface area contributed by atoms with Crippen LogP contribution in [-0.2, 0) is 6.18 Å². The van der Waals surface area contributed by atoms with Crippen molar-refractivity contribution in [3.8, 4) is 0 Å². The van der Waals surface area contributed by atoms with Crippen molar-refractivity contribution in [3.05, 3.63) is 29.8 Å². The van der Waals surface area contributed by atoms with Crippen molar-refractivity contribution in [2.24, 2.45) is 5.92 Å². The van der Waals surface area contributed by atoms with E-state index in [2.05, 4.69) is 29.4 Å². The van der Waals surface area contributed by atoms with Crippen molar-refractivity contribution < 1.29 is 18.0 Å². The zero-order chi connectivity index (χ0) is 17.7. The minimum atomic E-state index is -4.42. The summed E-state index contributed by atoms with van der Waals surface area (Å²) in [6.45, 7) is 6.90. The van der Waals surface area contributed by atoms with E-state index < -0.39 is 17.8 Å². The van der Waals surface area contributed by atoms with Gasteiger partial charge in [-0.2, -0.15) is 13.2 Å². The van der Waals surface area contributed by atoms with Crippen LogP contribution in [0, 0.1) is 5.92 Å². The number of carbonyl (C=O) groups excluding carboxylic acids is 1. The maximum absolute atomic E-state index is 12.7. The van der Waals surface area contributed by atoms with Gasteiger partial charge in [-0.1, -0.05) is 6.07 Å². The van der Waals surface area contributed by atoms with Crippen molar-refractivity contribution in [3.63, 3.8) is 0 Å². The molecule has 1 heterocycles. The van der Waals surface area contributed by atoms with Crippen LogP contribution in [0.2, 0.25) is 0 Å². The average Bonchev–Trinajstić information content (AvgIpc) is 2.53. The fraction of sp³-hybridized carbons (Fsp3) is 0.588. The predicted octanol–water partition coefficient (Wildman–Crippen LogP) is 3.95. The molecule has 1 aliphatic heterocycles. The van der Waals surface area contributed by atoms with Crippen LogP contribution in [-0.4, -0.2) is 36.6 Å². The van der Waals surface area contributed by atoms with E-state index in [1.165, 1.54) is 12.1 Å². The Kier molecular flexibility index (Phi) is 6.10. The Labute approximate surface area is 140 Å². The molecule has 1 fully saturated rings. The molecule has 134 valence electrons. The molecule has 4 nitrogen and oxygen atoms in total. The van der Waals surface area contributed by atoms with Crippen LogP contribution >= 0.6 is 0 Å². The molecule has 0 aromatic heterocycles. The normalized spacial score (nSPS) is 17.1. The lowest BCUT2D eigenvalue weighted by molar-refractivity contribution is -0.137. The summed E-state index contributed by atoms with van der Waals surface area (Å²) in [5.74, 6) is 0.409. The molecular formula is C17H24F3N3O. The number of likely N-dealkylation sites (tertiary alicyclic amines) is 1. The Morgan fingerprint density at radius 1 is 1.29 bits per heavy atom. The number of anilines is 1. The van der Waals surface area contributed by atoms with Crippen LogP contribution in [0.25, 0.3) is 0 Å². The highest BCUT2D eigenvalue weighted by Crippen LogP contribution is 2.30. The van der Waals surface area contributed by atoms with Crippen molar-refractivity contribution >= 4 is 11.7 Å². The van der Waals surface area contributed by atoms with E-state index in [0.717, 1.165) is 38.1 Å². The molecule has 2 amide bonds. The zero-order valence-corrected chi connectivity index (χ0v) is 14.0. The van der Waals surface area contributed by atoms with Gasteiger partial charge in [0.1, 0.15) is 0 Å². The number of rotatable bonds is 4. The van der Waals surface area contributed by atoms with Gasteiger partial charge in [-0.05, 0) is 63.9 Å². The average molecular weight is 343 g/mol. The highest BCUT2D eigenvalue weighted by molar-refractivity contribution is 5.89. The SMILES string of the molecule is CC(C)N1CCC(CNC(=O)Nc2cccc(C(F)(F)F)c2)CC1. The van der Waals surface area contributed by atoms with Gasteiger partial charge >= 0.3 is 12.2 Å². The fourth-order valence-corrected chi connectivity index (χ4v) is 2.86. The van der Waals surface area contributed by atoms with E-state index in [0.29, 0.717) is 18.5 Å². The highest BCUT2D eigenvalue weighted by atomic mass is 19.4.